The van der Waals surface area contributed by atoms with Crippen molar-refractivity contribution in [3.05, 3.63) is 51.9 Å². The van der Waals surface area contributed by atoms with Crippen LogP contribution in [0.3, 0.4) is 0 Å². The second-order valence-corrected chi connectivity index (χ2v) is 6.76. The lowest BCUT2D eigenvalue weighted by atomic mass is 10.1. The highest BCUT2D eigenvalue weighted by atomic mass is 32.1. The summed E-state index contributed by atoms with van der Waals surface area (Å²) in [5.74, 6) is 0.0727. The summed E-state index contributed by atoms with van der Waals surface area (Å²) in [7, 11) is 0. The van der Waals surface area contributed by atoms with Gasteiger partial charge in [-0.15, -0.1) is 11.3 Å². The van der Waals surface area contributed by atoms with Gasteiger partial charge in [-0.25, -0.2) is 4.79 Å². The summed E-state index contributed by atoms with van der Waals surface area (Å²) in [5, 5.41) is 3.29. The molecule has 26 heavy (non-hydrogen) atoms. The van der Waals surface area contributed by atoms with E-state index >= 15 is 0 Å². The topological polar surface area (TPSA) is 64.6 Å². The van der Waals surface area contributed by atoms with Crippen molar-refractivity contribution in [2.45, 2.75) is 27.7 Å². The molecule has 0 saturated carbocycles. The third kappa shape index (κ3) is 4.95. The maximum absolute atomic E-state index is 12.2. The van der Waals surface area contributed by atoms with Gasteiger partial charge in [0, 0.05) is 11.0 Å². The van der Waals surface area contributed by atoms with E-state index in [1.54, 1.807) is 13.0 Å². The fourth-order valence-corrected chi connectivity index (χ4v) is 3.38. The fourth-order valence-electron chi connectivity index (χ4n) is 2.33. The normalized spacial score (nSPS) is 10.8. The zero-order valence-corrected chi connectivity index (χ0v) is 16.2. The highest BCUT2D eigenvalue weighted by Crippen LogP contribution is 2.33. The van der Waals surface area contributed by atoms with Gasteiger partial charge >= 0.3 is 5.97 Å². The highest BCUT2D eigenvalue weighted by molar-refractivity contribution is 7.16. The maximum atomic E-state index is 12.2. The molecule has 2 aromatic rings. The predicted molar refractivity (Wildman–Crippen MR) is 105 cm³/mol. The maximum Gasteiger partial charge on any atom is 0.341 e. The van der Waals surface area contributed by atoms with E-state index in [4.69, 9.17) is 9.47 Å². The molecule has 0 aliphatic rings. The van der Waals surface area contributed by atoms with Crippen LogP contribution >= 0.6 is 11.3 Å². The van der Waals surface area contributed by atoms with Crippen LogP contribution in [0.25, 0.3) is 6.08 Å². The first kappa shape index (κ1) is 19.7. The van der Waals surface area contributed by atoms with Gasteiger partial charge in [-0.05, 0) is 57.0 Å². The van der Waals surface area contributed by atoms with Gasteiger partial charge in [0.15, 0.2) is 0 Å². The van der Waals surface area contributed by atoms with Gasteiger partial charge in [0.05, 0.1) is 18.8 Å². The van der Waals surface area contributed by atoms with Crippen molar-refractivity contribution in [2.75, 3.05) is 18.5 Å². The number of esters is 1. The number of hydrogen-bond donors (Lipinski definition) is 1. The molecule has 5 nitrogen and oxygen atoms in total. The van der Waals surface area contributed by atoms with Gasteiger partial charge in [0.2, 0.25) is 5.91 Å². The summed E-state index contributed by atoms with van der Waals surface area (Å²) in [6.07, 6.45) is 3.15. The summed E-state index contributed by atoms with van der Waals surface area (Å²) >= 11 is 1.37. The van der Waals surface area contributed by atoms with E-state index in [1.807, 2.05) is 45.0 Å². The number of carbonyl (C=O) groups excluding carboxylic acids is 2. The first-order chi connectivity index (χ1) is 12.5. The monoisotopic (exact) mass is 373 g/mol. The van der Waals surface area contributed by atoms with Crippen LogP contribution in [0.15, 0.2) is 30.3 Å². The van der Waals surface area contributed by atoms with Gasteiger partial charge in [0.25, 0.3) is 0 Å². The first-order valence-electron chi connectivity index (χ1n) is 8.45. The number of aryl methyl sites for hydroxylation is 1. The van der Waals surface area contributed by atoms with Crippen LogP contribution in [-0.4, -0.2) is 25.1 Å². The minimum absolute atomic E-state index is 0.290. The average molecular weight is 373 g/mol. The van der Waals surface area contributed by atoms with Crippen LogP contribution in [-0.2, 0) is 9.53 Å². The molecule has 1 aromatic heterocycles. The van der Waals surface area contributed by atoms with Crippen LogP contribution in [0.5, 0.6) is 5.75 Å². The highest BCUT2D eigenvalue weighted by Gasteiger charge is 2.21. The average Bonchev–Trinajstić information content (AvgIpc) is 2.88. The quantitative estimate of drug-likeness (QED) is 0.569. The second kappa shape index (κ2) is 9.20. The van der Waals surface area contributed by atoms with Gasteiger partial charge in [-0.1, -0.05) is 12.1 Å². The van der Waals surface area contributed by atoms with Gasteiger partial charge < -0.3 is 14.8 Å². The molecule has 0 spiro atoms. The fraction of sp³-hybridized carbons (Fsp3) is 0.300. The summed E-state index contributed by atoms with van der Waals surface area (Å²) < 4.78 is 10.5. The molecular weight excluding hydrogens is 350 g/mol. The van der Waals surface area contributed by atoms with Crippen LogP contribution in [0.1, 0.15) is 40.2 Å². The van der Waals surface area contributed by atoms with Crippen molar-refractivity contribution in [1.82, 2.24) is 0 Å². The minimum atomic E-state index is -0.417. The Bertz CT molecular complexity index is 806. The summed E-state index contributed by atoms with van der Waals surface area (Å²) in [4.78, 5) is 25.4. The van der Waals surface area contributed by atoms with Crippen LogP contribution in [0, 0.1) is 13.8 Å². The standard InChI is InChI=1S/C20H23NO4S/c1-5-24-16-10-7-15(8-11-16)9-12-17(22)21-19-18(20(23)25-6-2)13(3)14(4)26-19/h7-12H,5-6H2,1-4H3,(H,21,22). The lowest BCUT2D eigenvalue weighted by molar-refractivity contribution is -0.111. The molecule has 138 valence electrons. The van der Waals surface area contributed by atoms with Crippen LogP contribution in [0.4, 0.5) is 5.00 Å². The third-order valence-electron chi connectivity index (χ3n) is 3.72. The molecule has 1 heterocycles. The van der Waals surface area contributed by atoms with Crippen molar-refractivity contribution in [3.63, 3.8) is 0 Å². The van der Waals surface area contributed by atoms with E-state index < -0.39 is 5.97 Å². The van der Waals surface area contributed by atoms with Gasteiger partial charge in [-0.2, -0.15) is 0 Å². The number of nitrogens with one attached hydrogen (secondary N) is 1. The summed E-state index contributed by atoms with van der Waals surface area (Å²) in [6.45, 7) is 8.34. The Morgan fingerprint density at radius 1 is 1.12 bits per heavy atom. The first-order valence-corrected chi connectivity index (χ1v) is 9.26. The molecule has 0 radical (unpaired) electrons. The number of carbonyl (C=O) groups is 2. The van der Waals surface area contributed by atoms with Gasteiger partial charge in [-0.3, -0.25) is 4.79 Å². The summed E-state index contributed by atoms with van der Waals surface area (Å²) in [5.41, 5.74) is 2.14. The molecule has 0 aliphatic carbocycles. The Labute approximate surface area is 157 Å². The molecule has 0 aliphatic heterocycles. The molecule has 2 rings (SSSR count). The molecule has 6 heteroatoms. The predicted octanol–water partition coefficient (Wildman–Crippen LogP) is 4.59. The van der Waals surface area contributed by atoms with E-state index in [9.17, 15) is 9.59 Å². The molecular formula is C20H23NO4S. The van der Waals surface area contributed by atoms with Gasteiger partial charge in [0.1, 0.15) is 10.8 Å². The van der Waals surface area contributed by atoms with E-state index in [0.717, 1.165) is 21.8 Å². The number of rotatable bonds is 7. The van der Waals surface area contributed by atoms with Crippen LogP contribution < -0.4 is 10.1 Å². The lowest BCUT2D eigenvalue weighted by Crippen LogP contribution is -2.12. The van der Waals surface area contributed by atoms with Crippen molar-refractivity contribution in [3.8, 4) is 5.75 Å². The molecule has 0 saturated heterocycles. The smallest absolute Gasteiger partial charge is 0.341 e. The number of ether oxygens (including phenoxy) is 2. The molecule has 0 atom stereocenters. The van der Waals surface area contributed by atoms with E-state index in [-0.39, 0.29) is 12.5 Å². The van der Waals surface area contributed by atoms with Crippen molar-refractivity contribution < 1.29 is 19.1 Å². The van der Waals surface area contributed by atoms with E-state index in [0.29, 0.717) is 17.2 Å². The van der Waals surface area contributed by atoms with Crippen molar-refractivity contribution in [2.24, 2.45) is 0 Å². The Morgan fingerprint density at radius 2 is 1.81 bits per heavy atom. The number of thiophene rings is 1. The number of amides is 1. The zero-order valence-electron chi connectivity index (χ0n) is 15.4. The largest absolute Gasteiger partial charge is 0.494 e. The number of benzene rings is 1. The van der Waals surface area contributed by atoms with Crippen LogP contribution in [0.2, 0.25) is 0 Å². The Kier molecular flexibility index (Phi) is 6.97. The number of anilines is 1. The Hall–Kier alpha value is -2.60. The molecule has 1 aromatic carbocycles. The number of hydrogen-bond acceptors (Lipinski definition) is 5. The molecule has 0 fully saturated rings. The molecule has 0 unspecified atom stereocenters. The third-order valence-corrected chi connectivity index (χ3v) is 4.84. The van der Waals surface area contributed by atoms with E-state index in [2.05, 4.69) is 5.32 Å². The van der Waals surface area contributed by atoms with Crippen molar-refractivity contribution in [1.29, 1.82) is 0 Å². The SMILES string of the molecule is CCOC(=O)c1c(NC(=O)C=Cc2ccc(OCC)cc2)sc(C)c1C. The van der Waals surface area contributed by atoms with E-state index in [1.165, 1.54) is 17.4 Å². The zero-order chi connectivity index (χ0) is 19.1. The Balaban J connectivity index is 2.10. The molecule has 1 amide bonds. The second-order valence-electron chi connectivity index (χ2n) is 5.53. The molecule has 0 bridgehead atoms. The Morgan fingerprint density at radius 3 is 2.42 bits per heavy atom. The summed E-state index contributed by atoms with van der Waals surface area (Å²) in [6, 6.07) is 7.45. The molecule has 1 N–H and O–H groups in total. The minimum Gasteiger partial charge on any atom is -0.494 e. The van der Waals surface area contributed by atoms with Crippen molar-refractivity contribution >= 4 is 34.3 Å². The lowest BCUT2D eigenvalue weighted by Gasteiger charge is -2.05.